The highest BCUT2D eigenvalue weighted by molar-refractivity contribution is 7.90. The second kappa shape index (κ2) is 9.54. The first kappa shape index (κ1) is 25.4. The third-order valence-corrected chi connectivity index (χ3v) is 10.8. The molecule has 3 amide bonds. The number of halogens is 1. The molecular formula is C24H39FN4O5S. The molecule has 5 aliphatic rings. The first-order chi connectivity index (χ1) is 16.5. The highest BCUT2D eigenvalue weighted by Gasteiger charge is 2.53. The van der Waals surface area contributed by atoms with Crippen LogP contribution >= 0.6 is 0 Å². The Hall–Kier alpha value is -1.30. The van der Waals surface area contributed by atoms with E-state index in [-0.39, 0.29) is 54.5 Å². The van der Waals surface area contributed by atoms with Crippen molar-refractivity contribution in [3.63, 3.8) is 0 Å². The van der Waals surface area contributed by atoms with E-state index in [0.29, 0.717) is 38.6 Å². The molecular weight excluding hydrogens is 475 g/mol. The Labute approximate surface area is 207 Å². The van der Waals surface area contributed by atoms with E-state index in [9.17, 15) is 22.4 Å². The molecule has 2 saturated heterocycles. The van der Waals surface area contributed by atoms with Crippen molar-refractivity contribution in [2.75, 3.05) is 13.1 Å². The number of urea groups is 1. The van der Waals surface area contributed by atoms with Crippen LogP contribution in [0.4, 0.5) is 9.18 Å². The van der Waals surface area contributed by atoms with Gasteiger partial charge in [-0.3, -0.25) is 14.5 Å². The summed E-state index contributed by atoms with van der Waals surface area (Å²) in [6, 6.07) is -0.487. The summed E-state index contributed by atoms with van der Waals surface area (Å²) in [5.41, 5.74) is 2.53. The quantitative estimate of drug-likeness (QED) is 0.541. The molecule has 3 saturated carbocycles. The summed E-state index contributed by atoms with van der Waals surface area (Å²) in [4.78, 5) is 35.9. The largest absolute Gasteiger partial charge is 0.327 e. The Morgan fingerprint density at radius 2 is 1.80 bits per heavy atom. The number of hydrogen-bond acceptors (Lipinski definition) is 6. The molecule has 5 fully saturated rings. The number of alkyl halides is 1. The maximum atomic E-state index is 13.7. The van der Waals surface area contributed by atoms with Crippen molar-refractivity contribution < 1.29 is 27.2 Å². The molecule has 2 heterocycles. The van der Waals surface area contributed by atoms with Gasteiger partial charge in [0, 0.05) is 24.2 Å². The Kier molecular flexibility index (Phi) is 6.91. The molecule has 0 spiro atoms. The molecule has 0 radical (unpaired) electrons. The molecule has 2 N–H and O–H groups in total. The number of amides is 3. The topological polar surface area (TPSA) is 108 Å². The van der Waals surface area contributed by atoms with E-state index >= 15 is 0 Å². The number of hydroxylamine groups is 1. The number of carbonyl (C=O) groups is 2. The van der Waals surface area contributed by atoms with E-state index < -0.39 is 27.4 Å². The molecule has 9 nitrogen and oxygen atoms in total. The number of carbonyl (C=O) groups excluding carboxylic acids is 2. The van der Waals surface area contributed by atoms with Gasteiger partial charge in [-0.05, 0) is 84.0 Å². The molecule has 5 unspecified atom stereocenters. The van der Waals surface area contributed by atoms with Crippen LogP contribution in [0.3, 0.4) is 0 Å². The van der Waals surface area contributed by atoms with Gasteiger partial charge in [0.15, 0.2) is 0 Å². The average molecular weight is 515 g/mol. The zero-order chi connectivity index (χ0) is 25.0. The summed E-state index contributed by atoms with van der Waals surface area (Å²) >= 11 is 0. The second-order valence-corrected chi connectivity index (χ2v) is 13.8. The van der Waals surface area contributed by atoms with Gasteiger partial charge >= 0.3 is 6.03 Å². The normalized spacial score (nSPS) is 39.6. The fourth-order valence-electron chi connectivity index (χ4n) is 6.33. The lowest BCUT2D eigenvalue weighted by Gasteiger charge is -2.49. The number of sulfonamides is 1. The number of nitrogens with one attached hydrogen (secondary N) is 2. The predicted octanol–water partition coefficient (Wildman–Crippen LogP) is 2.47. The van der Waals surface area contributed by atoms with Crippen LogP contribution in [0.25, 0.3) is 0 Å². The van der Waals surface area contributed by atoms with Crippen LogP contribution in [-0.4, -0.2) is 78.4 Å². The second-order valence-electron chi connectivity index (χ2n) is 11.8. The van der Waals surface area contributed by atoms with Gasteiger partial charge in [0.05, 0.1) is 23.8 Å². The lowest BCUT2D eigenvalue weighted by molar-refractivity contribution is -0.142. The third-order valence-electron chi connectivity index (χ3n) is 8.72. The highest BCUT2D eigenvalue weighted by atomic mass is 32.2. The molecule has 35 heavy (non-hydrogen) atoms. The summed E-state index contributed by atoms with van der Waals surface area (Å²) in [6.45, 7) is 4.53. The Balaban J connectivity index is 1.35. The van der Waals surface area contributed by atoms with Crippen LogP contribution < -0.4 is 10.2 Å². The molecule has 0 bridgehead atoms. The summed E-state index contributed by atoms with van der Waals surface area (Å²) in [5, 5.41) is -0.645. The first-order valence-corrected chi connectivity index (χ1v) is 14.8. The van der Waals surface area contributed by atoms with E-state index in [0.717, 1.165) is 25.7 Å². The van der Waals surface area contributed by atoms with Gasteiger partial charge in [0.25, 0.3) is 0 Å². The predicted molar refractivity (Wildman–Crippen MR) is 127 cm³/mol. The van der Waals surface area contributed by atoms with Crippen LogP contribution in [0, 0.1) is 11.8 Å². The van der Waals surface area contributed by atoms with Crippen LogP contribution in [0.1, 0.15) is 78.1 Å². The third kappa shape index (κ3) is 5.38. The number of hydrogen-bond donors (Lipinski definition) is 2. The van der Waals surface area contributed by atoms with Crippen molar-refractivity contribution in [2.24, 2.45) is 11.8 Å². The smallest absolute Gasteiger partial charge is 0.320 e. The lowest BCUT2D eigenvalue weighted by Crippen LogP contribution is -2.65. The molecule has 0 aromatic carbocycles. The summed E-state index contributed by atoms with van der Waals surface area (Å²) in [6.07, 6.45) is 4.86. The van der Waals surface area contributed by atoms with Crippen LogP contribution in [-0.2, 0) is 19.7 Å². The van der Waals surface area contributed by atoms with Gasteiger partial charge in [0.2, 0.25) is 15.9 Å². The summed E-state index contributed by atoms with van der Waals surface area (Å²) < 4.78 is 42.8. The standard InChI is InChI=1S/C24H39FN4O5S/c1-15-11-18(34-26-15)14-29-22(30)20-12-19(35(32,33)27-24(2)9-10-24)7-8-21(20)28(23(29)31)13-16-3-5-17(25)6-4-16/h15-21,26-27H,3-14H2,1-2H3. The van der Waals surface area contributed by atoms with Crippen molar-refractivity contribution >= 4 is 22.0 Å². The summed E-state index contributed by atoms with van der Waals surface area (Å²) in [5.74, 6) is -0.646. The van der Waals surface area contributed by atoms with Crippen molar-refractivity contribution in [3.05, 3.63) is 0 Å². The molecule has 2 aliphatic heterocycles. The van der Waals surface area contributed by atoms with Gasteiger partial charge < -0.3 is 4.90 Å². The molecule has 0 aromatic rings. The molecule has 3 aliphatic carbocycles. The average Bonchev–Trinajstić information content (AvgIpc) is 3.38. The Bertz CT molecular complexity index is 936. The highest BCUT2D eigenvalue weighted by Crippen LogP contribution is 2.41. The molecule has 5 atom stereocenters. The minimum absolute atomic E-state index is 0.133. The minimum Gasteiger partial charge on any atom is -0.320 e. The van der Waals surface area contributed by atoms with Crippen molar-refractivity contribution in [3.8, 4) is 0 Å². The van der Waals surface area contributed by atoms with Crippen LogP contribution in [0.5, 0.6) is 0 Å². The monoisotopic (exact) mass is 514 g/mol. The van der Waals surface area contributed by atoms with Crippen LogP contribution in [0.15, 0.2) is 0 Å². The maximum absolute atomic E-state index is 13.7. The number of nitrogens with zero attached hydrogens (tertiary/aromatic N) is 2. The maximum Gasteiger partial charge on any atom is 0.327 e. The zero-order valence-electron chi connectivity index (χ0n) is 20.7. The molecule has 198 valence electrons. The van der Waals surface area contributed by atoms with Crippen molar-refractivity contribution in [1.82, 2.24) is 20.0 Å². The first-order valence-electron chi connectivity index (χ1n) is 13.2. The Morgan fingerprint density at radius 3 is 2.43 bits per heavy atom. The van der Waals surface area contributed by atoms with Crippen molar-refractivity contribution in [1.29, 1.82) is 0 Å². The minimum atomic E-state index is -3.56. The van der Waals surface area contributed by atoms with E-state index in [1.165, 1.54) is 4.90 Å². The molecule has 11 heteroatoms. The number of rotatable bonds is 7. The number of imide groups is 1. The van der Waals surface area contributed by atoms with Crippen molar-refractivity contribution in [2.45, 2.75) is 113 Å². The van der Waals surface area contributed by atoms with Gasteiger partial charge in [-0.15, -0.1) is 0 Å². The zero-order valence-corrected chi connectivity index (χ0v) is 21.6. The van der Waals surface area contributed by atoms with Gasteiger partial charge in [0.1, 0.15) is 6.17 Å². The summed E-state index contributed by atoms with van der Waals surface area (Å²) in [7, 11) is -3.56. The van der Waals surface area contributed by atoms with E-state index in [1.807, 2.05) is 13.8 Å². The van der Waals surface area contributed by atoms with Gasteiger partial charge in [-0.2, -0.15) is 5.48 Å². The van der Waals surface area contributed by atoms with Gasteiger partial charge in [-0.25, -0.2) is 22.3 Å². The molecule has 5 rings (SSSR count). The number of fused-ring (bicyclic) bond motifs is 1. The molecule has 0 aromatic heterocycles. The SMILES string of the molecule is CC1CC(CN2C(=O)C3CC(S(=O)(=O)NC4(C)CC4)CCC3N(CC3CCC(F)CC3)C2=O)ON1. The fourth-order valence-corrected chi connectivity index (χ4v) is 8.29. The van der Waals surface area contributed by atoms with E-state index in [2.05, 4.69) is 10.2 Å². The van der Waals surface area contributed by atoms with E-state index in [4.69, 9.17) is 4.84 Å². The lowest BCUT2D eigenvalue weighted by atomic mass is 9.79. The van der Waals surface area contributed by atoms with Crippen LogP contribution in [0.2, 0.25) is 0 Å². The fraction of sp³-hybridized carbons (Fsp3) is 0.917. The Morgan fingerprint density at radius 1 is 1.09 bits per heavy atom. The van der Waals surface area contributed by atoms with E-state index in [1.54, 1.807) is 4.90 Å². The van der Waals surface area contributed by atoms with Gasteiger partial charge in [-0.1, -0.05) is 0 Å².